The van der Waals surface area contributed by atoms with Crippen molar-refractivity contribution in [3.8, 4) is 0 Å². The lowest BCUT2D eigenvalue weighted by Gasteiger charge is -2.25. The maximum Gasteiger partial charge on any atom is 0.0624 e. The van der Waals surface area contributed by atoms with E-state index in [0.717, 1.165) is 18.0 Å². The summed E-state index contributed by atoms with van der Waals surface area (Å²) in [5.41, 5.74) is 1.53. The van der Waals surface area contributed by atoms with Gasteiger partial charge in [-0.05, 0) is 49.3 Å². The maximum absolute atomic E-state index is 6.28. The van der Waals surface area contributed by atoms with Crippen LogP contribution in [0, 0.1) is 5.41 Å². The summed E-state index contributed by atoms with van der Waals surface area (Å²) in [5, 5.41) is 4.95. The quantitative estimate of drug-likeness (QED) is 0.845. The molecule has 2 rings (SSSR count). The van der Waals surface area contributed by atoms with Crippen molar-refractivity contribution in [2.45, 2.75) is 45.6 Å². The molecule has 0 heterocycles. The van der Waals surface area contributed by atoms with Gasteiger partial charge < -0.3 is 5.32 Å². The molecule has 3 heteroatoms. The van der Waals surface area contributed by atoms with Crippen LogP contribution in [-0.2, 0) is 6.42 Å². The Morgan fingerprint density at radius 1 is 1.39 bits per heavy atom. The highest BCUT2D eigenvalue weighted by atomic mass is 35.5. The topological polar surface area (TPSA) is 12.0 Å². The smallest absolute Gasteiger partial charge is 0.0624 e. The van der Waals surface area contributed by atoms with Crippen LogP contribution in [0.1, 0.15) is 38.7 Å². The highest BCUT2D eigenvalue weighted by molar-refractivity contribution is 6.42. The van der Waals surface area contributed by atoms with Gasteiger partial charge in [-0.1, -0.05) is 49.2 Å². The summed E-state index contributed by atoms with van der Waals surface area (Å²) in [7, 11) is 0. The van der Waals surface area contributed by atoms with Crippen molar-refractivity contribution in [1.82, 2.24) is 5.32 Å². The summed E-state index contributed by atoms with van der Waals surface area (Å²) in [4.78, 5) is 0. The van der Waals surface area contributed by atoms with E-state index in [1.165, 1.54) is 24.8 Å². The van der Waals surface area contributed by atoms with Gasteiger partial charge >= 0.3 is 0 Å². The average Bonchev–Trinajstić information content (AvgIpc) is 2.68. The van der Waals surface area contributed by atoms with E-state index in [2.05, 4.69) is 25.2 Å². The first-order valence-corrected chi connectivity index (χ1v) is 7.46. The Morgan fingerprint density at radius 3 is 2.89 bits per heavy atom. The molecule has 1 aromatic rings. The molecule has 1 saturated carbocycles. The van der Waals surface area contributed by atoms with Crippen LogP contribution in [0.25, 0.3) is 0 Å². The number of benzene rings is 1. The zero-order valence-corrected chi connectivity index (χ0v) is 12.6. The molecule has 0 radical (unpaired) electrons. The molecule has 0 saturated heterocycles. The van der Waals surface area contributed by atoms with Gasteiger partial charge in [-0.25, -0.2) is 0 Å². The second-order valence-electron chi connectivity index (χ2n) is 5.70. The number of halogens is 2. The second-order valence-corrected chi connectivity index (χ2v) is 6.48. The van der Waals surface area contributed by atoms with E-state index < -0.39 is 0 Å². The van der Waals surface area contributed by atoms with E-state index in [1.807, 2.05) is 12.1 Å². The molecule has 2 unspecified atom stereocenters. The van der Waals surface area contributed by atoms with Gasteiger partial charge in [-0.3, -0.25) is 0 Å². The van der Waals surface area contributed by atoms with Crippen LogP contribution in [0.3, 0.4) is 0 Å². The molecular formula is C15H21Cl2N. The van der Waals surface area contributed by atoms with Crippen LogP contribution in [0.4, 0.5) is 0 Å². The minimum atomic E-state index is 0.348. The highest BCUT2D eigenvalue weighted by Crippen LogP contribution is 2.42. The molecule has 1 aliphatic rings. The zero-order chi connectivity index (χ0) is 13.2. The van der Waals surface area contributed by atoms with E-state index in [0.29, 0.717) is 16.5 Å². The van der Waals surface area contributed by atoms with Crippen LogP contribution in [0.5, 0.6) is 0 Å². The van der Waals surface area contributed by atoms with Crippen LogP contribution in [0.15, 0.2) is 18.2 Å². The first kappa shape index (κ1) is 14.2. The van der Waals surface area contributed by atoms with Gasteiger partial charge in [-0.15, -0.1) is 0 Å². The van der Waals surface area contributed by atoms with Crippen molar-refractivity contribution >= 4 is 23.2 Å². The lowest BCUT2D eigenvalue weighted by molar-refractivity contribution is 0.322. The normalized spacial score (nSPS) is 27.7. The van der Waals surface area contributed by atoms with E-state index in [1.54, 1.807) is 0 Å². The summed E-state index contributed by atoms with van der Waals surface area (Å²) in [6.07, 6.45) is 4.77. The largest absolute Gasteiger partial charge is 0.314 e. The third kappa shape index (κ3) is 3.20. The fourth-order valence-corrected chi connectivity index (χ4v) is 3.48. The van der Waals surface area contributed by atoms with Crippen molar-refractivity contribution in [2.24, 2.45) is 5.41 Å². The Hall–Kier alpha value is -0.240. The lowest BCUT2D eigenvalue weighted by atomic mass is 9.82. The molecule has 1 nitrogen and oxygen atoms in total. The van der Waals surface area contributed by atoms with Gasteiger partial charge in [-0.2, -0.15) is 0 Å². The molecule has 0 aromatic heterocycles. The lowest BCUT2D eigenvalue weighted by Crippen LogP contribution is -2.28. The number of hydrogen-bond acceptors (Lipinski definition) is 1. The van der Waals surface area contributed by atoms with Crippen LogP contribution in [-0.4, -0.2) is 12.6 Å². The molecule has 1 N–H and O–H groups in total. The molecule has 1 aliphatic carbocycles. The number of hydrogen-bond donors (Lipinski definition) is 1. The minimum Gasteiger partial charge on any atom is -0.314 e. The molecule has 1 aromatic carbocycles. The Labute approximate surface area is 120 Å². The van der Waals surface area contributed by atoms with Gasteiger partial charge in [0.1, 0.15) is 0 Å². The molecule has 1 fully saturated rings. The summed E-state index contributed by atoms with van der Waals surface area (Å²) in [6.45, 7) is 5.59. The fraction of sp³-hybridized carbons (Fsp3) is 0.600. The van der Waals surface area contributed by atoms with Gasteiger partial charge in [0.05, 0.1) is 10.0 Å². The molecule has 100 valence electrons. The summed E-state index contributed by atoms with van der Waals surface area (Å²) >= 11 is 12.4. The van der Waals surface area contributed by atoms with Gasteiger partial charge in [0, 0.05) is 6.04 Å². The highest BCUT2D eigenvalue weighted by Gasteiger charge is 2.35. The molecule has 0 amide bonds. The van der Waals surface area contributed by atoms with Gasteiger partial charge in [0.25, 0.3) is 0 Å². The monoisotopic (exact) mass is 285 g/mol. The Kier molecular flexibility index (Phi) is 4.58. The molecule has 0 spiro atoms. The molecule has 0 bridgehead atoms. The van der Waals surface area contributed by atoms with Crippen LogP contribution >= 0.6 is 23.2 Å². The average molecular weight is 286 g/mol. The molecular weight excluding hydrogens is 265 g/mol. The first-order valence-electron chi connectivity index (χ1n) is 6.70. The third-order valence-electron chi connectivity index (χ3n) is 3.98. The van der Waals surface area contributed by atoms with E-state index in [4.69, 9.17) is 23.2 Å². The van der Waals surface area contributed by atoms with Crippen molar-refractivity contribution in [3.63, 3.8) is 0 Å². The van der Waals surface area contributed by atoms with Crippen molar-refractivity contribution in [3.05, 3.63) is 33.8 Å². The van der Waals surface area contributed by atoms with Crippen molar-refractivity contribution < 1.29 is 0 Å². The summed E-state index contributed by atoms with van der Waals surface area (Å²) in [6, 6.07) is 6.60. The van der Waals surface area contributed by atoms with Crippen LogP contribution < -0.4 is 5.32 Å². The Bertz CT molecular complexity index is 419. The van der Waals surface area contributed by atoms with E-state index in [9.17, 15) is 0 Å². The molecule has 2 atom stereocenters. The van der Waals surface area contributed by atoms with Crippen LogP contribution in [0.2, 0.25) is 10.0 Å². The predicted octanol–water partition coefficient (Wildman–Crippen LogP) is 4.70. The van der Waals surface area contributed by atoms with Gasteiger partial charge in [0.2, 0.25) is 0 Å². The van der Waals surface area contributed by atoms with E-state index in [-0.39, 0.29) is 0 Å². The van der Waals surface area contributed by atoms with E-state index >= 15 is 0 Å². The SMILES string of the molecule is CCNC1CCC(C)(Cc2cccc(Cl)c2Cl)C1. The summed E-state index contributed by atoms with van der Waals surface area (Å²) in [5.74, 6) is 0. The standard InChI is InChI=1S/C15H21Cl2N/c1-3-18-12-7-8-15(2,10-12)9-11-5-4-6-13(16)14(11)17/h4-6,12,18H,3,7-10H2,1-2H3. The second kappa shape index (κ2) is 5.81. The predicted molar refractivity (Wildman–Crippen MR) is 79.6 cm³/mol. The summed E-state index contributed by atoms with van der Waals surface area (Å²) < 4.78 is 0. The number of rotatable bonds is 4. The molecule has 0 aliphatic heterocycles. The Balaban J connectivity index is 2.07. The fourth-order valence-electron chi connectivity index (χ4n) is 3.09. The van der Waals surface area contributed by atoms with Gasteiger partial charge in [0.15, 0.2) is 0 Å². The third-order valence-corrected chi connectivity index (χ3v) is 4.84. The van der Waals surface area contributed by atoms with Crippen molar-refractivity contribution in [1.29, 1.82) is 0 Å². The van der Waals surface area contributed by atoms with Crippen molar-refractivity contribution in [2.75, 3.05) is 6.54 Å². The molecule has 18 heavy (non-hydrogen) atoms. The zero-order valence-electron chi connectivity index (χ0n) is 11.1. The Morgan fingerprint density at radius 2 is 2.17 bits per heavy atom. The maximum atomic E-state index is 6.28. The number of nitrogens with one attached hydrogen (secondary N) is 1. The minimum absolute atomic E-state index is 0.348. The first-order chi connectivity index (χ1) is 8.54.